The second-order valence-corrected chi connectivity index (χ2v) is 5.61. The summed E-state index contributed by atoms with van der Waals surface area (Å²) >= 11 is 17.8. The van der Waals surface area contributed by atoms with Crippen molar-refractivity contribution in [2.24, 2.45) is 7.05 Å². The third kappa shape index (κ3) is 3.10. The molecule has 8 heteroatoms. The Morgan fingerprint density at radius 2 is 1.90 bits per heavy atom. The van der Waals surface area contributed by atoms with E-state index in [9.17, 15) is 4.79 Å². The van der Waals surface area contributed by atoms with Gasteiger partial charge in [0.15, 0.2) is 0 Å². The van der Waals surface area contributed by atoms with E-state index in [2.05, 4.69) is 10.4 Å². The topological polar surface area (TPSA) is 72.9 Å². The third-order valence-corrected chi connectivity index (χ3v) is 4.00. The molecule has 112 valence electrons. The van der Waals surface area contributed by atoms with E-state index in [-0.39, 0.29) is 10.7 Å². The number of hydrogen-bond acceptors (Lipinski definition) is 3. The highest BCUT2D eigenvalue weighted by Crippen LogP contribution is 2.32. The highest BCUT2D eigenvalue weighted by molar-refractivity contribution is 6.44. The number of nitrogen functional groups attached to an aromatic ring is 1. The predicted octanol–water partition coefficient (Wildman–Crippen LogP) is 3.78. The van der Waals surface area contributed by atoms with E-state index < -0.39 is 5.91 Å². The standard InChI is InChI=1S/C13H13Cl3N4O/c1-3-9-11(17)12(20(2)19-9)13(21)18-10-5-7(15)6(14)4-8(10)16/h4-5H,3,17H2,1-2H3,(H,18,21). The lowest BCUT2D eigenvalue weighted by Crippen LogP contribution is -2.18. The van der Waals surface area contributed by atoms with Gasteiger partial charge >= 0.3 is 0 Å². The maximum Gasteiger partial charge on any atom is 0.276 e. The Morgan fingerprint density at radius 3 is 2.48 bits per heavy atom. The molecule has 0 atom stereocenters. The molecular formula is C13H13Cl3N4O. The average Bonchev–Trinajstić information content (AvgIpc) is 2.70. The lowest BCUT2D eigenvalue weighted by atomic mass is 10.2. The number of aryl methyl sites for hydroxylation is 2. The Balaban J connectivity index is 2.35. The van der Waals surface area contributed by atoms with Crippen molar-refractivity contribution in [3.8, 4) is 0 Å². The molecule has 0 aliphatic carbocycles. The van der Waals surface area contributed by atoms with Crippen LogP contribution in [0, 0.1) is 0 Å². The highest BCUT2D eigenvalue weighted by atomic mass is 35.5. The number of carbonyl (C=O) groups excluding carboxylic acids is 1. The number of amides is 1. The third-order valence-electron chi connectivity index (χ3n) is 2.97. The maximum atomic E-state index is 12.3. The number of nitrogens with zero attached hydrogens (tertiary/aromatic N) is 2. The summed E-state index contributed by atoms with van der Waals surface area (Å²) in [6.07, 6.45) is 0.639. The van der Waals surface area contributed by atoms with E-state index in [1.54, 1.807) is 7.05 Å². The van der Waals surface area contributed by atoms with Gasteiger partial charge in [-0.1, -0.05) is 41.7 Å². The highest BCUT2D eigenvalue weighted by Gasteiger charge is 2.20. The number of anilines is 2. The van der Waals surface area contributed by atoms with Gasteiger partial charge in [0.25, 0.3) is 5.91 Å². The van der Waals surface area contributed by atoms with E-state index in [0.29, 0.717) is 33.5 Å². The van der Waals surface area contributed by atoms with Crippen molar-refractivity contribution in [1.29, 1.82) is 0 Å². The molecule has 2 rings (SSSR count). The molecule has 0 spiro atoms. The molecule has 0 saturated heterocycles. The Hall–Kier alpha value is -1.43. The van der Waals surface area contributed by atoms with Crippen molar-refractivity contribution in [1.82, 2.24) is 9.78 Å². The van der Waals surface area contributed by atoms with Crippen LogP contribution in [0.25, 0.3) is 0 Å². The van der Waals surface area contributed by atoms with E-state index in [0.717, 1.165) is 0 Å². The van der Waals surface area contributed by atoms with Gasteiger partial charge in [-0.15, -0.1) is 0 Å². The number of nitrogens with two attached hydrogens (primary N) is 1. The van der Waals surface area contributed by atoms with Crippen LogP contribution in [0.15, 0.2) is 12.1 Å². The molecule has 21 heavy (non-hydrogen) atoms. The van der Waals surface area contributed by atoms with Gasteiger partial charge in [0, 0.05) is 7.05 Å². The first kappa shape index (κ1) is 15.9. The van der Waals surface area contributed by atoms with Crippen LogP contribution in [-0.4, -0.2) is 15.7 Å². The van der Waals surface area contributed by atoms with Crippen molar-refractivity contribution < 1.29 is 4.79 Å². The number of aromatic nitrogens is 2. The second kappa shape index (κ2) is 6.13. The lowest BCUT2D eigenvalue weighted by molar-refractivity contribution is 0.101. The minimum absolute atomic E-state index is 0.272. The Labute approximate surface area is 137 Å². The Morgan fingerprint density at radius 1 is 1.29 bits per heavy atom. The van der Waals surface area contributed by atoms with Crippen molar-refractivity contribution in [2.45, 2.75) is 13.3 Å². The van der Waals surface area contributed by atoms with Crippen LogP contribution in [0.2, 0.25) is 15.1 Å². The van der Waals surface area contributed by atoms with Gasteiger partial charge in [-0.05, 0) is 18.6 Å². The molecule has 0 aliphatic rings. The first-order chi connectivity index (χ1) is 9.85. The van der Waals surface area contributed by atoms with Gasteiger partial charge in [0.2, 0.25) is 0 Å². The van der Waals surface area contributed by atoms with E-state index in [1.165, 1.54) is 16.8 Å². The summed E-state index contributed by atoms with van der Waals surface area (Å²) in [6, 6.07) is 2.95. The van der Waals surface area contributed by atoms with Gasteiger partial charge in [-0.25, -0.2) is 0 Å². The fraction of sp³-hybridized carbons (Fsp3) is 0.231. The Bertz CT molecular complexity index is 712. The summed E-state index contributed by atoms with van der Waals surface area (Å²) in [6.45, 7) is 1.91. The second-order valence-electron chi connectivity index (χ2n) is 4.39. The molecule has 0 saturated carbocycles. The van der Waals surface area contributed by atoms with Crippen LogP contribution in [-0.2, 0) is 13.5 Å². The van der Waals surface area contributed by atoms with Crippen molar-refractivity contribution in [2.75, 3.05) is 11.1 Å². The van der Waals surface area contributed by atoms with Crippen LogP contribution >= 0.6 is 34.8 Å². The zero-order chi connectivity index (χ0) is 15.7. The first-order valence-corrected chi connectivity index (χ1v) is 7.25. The molecule has 0 fully saturated rings. The van der Waals surface area contributed by atoms with Crippen LogP contribution < -0.4 is 11.1 Å². The van der Waals surface area contributed by atoms with Crippen LogP contribution in [0.1, 0.15) is 23.1 Å². The largest absolute Gasteiger partial charge is 0.395 e. The van der Waals surface area contributed by atoms with Crippen LogP contribution in [0.5, 0.6) is 0 Å². The molecule has 1 aromatic carbocycles. The van der Waals surface area contributed by atoms with E-state index in [1.807, 2.05) is 6.92 Å². The number of rotatable bonds is 3. The molecule has 0 radical (unpaired) electrons. The maximum absolute atomic E-state index is 12.3. The summed E-state index contributed by atoms with van der Waals surface area (Å²) in [4.78, 5) is 12.3. The normalized spacial score (nSPS) is 10.7. The zero-order valence-electron chi connectivity index (χ0n) is 11.4. The van der Waals surface area contributed by atoms with Gasteiger partial charge < -0.3 is 11.1 Å². The number of carbonyl (C=O) groups is 1. The Kier molecular flexibility index (Phi) is 4.66. The predicted molar refractivity (Wildman–Crippen MR) is 86.4 cm³/mol. The lowest BCUT2D eigenvalue weighted by Gasteiger charge is -2.09. The van der Waals surface area contributed by atoms with E-state index in [4.69, 9.17) is 40.5 Å². The number of hydrogen-bond donors (Lipinski definition) is 2. The number of nitrogens with one attached hydrogen (secondary N) is 1. The van der Waals surface area contributed by atoms with Gasteiger partial charge in [-0.3, -0.25) is 9.48 Å². The minimum atomic E-state index is -0.414. The molecule has 2 aromatic rings. The summed E-state index contributed by atoms with van der Waals surface area (Å²) in [5.41, 5.74) is 7.59. The summed E-state index contributed by atoms with van der Waals surface area (Å²) in [5, 5.41) is 7.75. The molecule has 0 bridgehead atoms. The van der Waals surface area contributed by atoms with Crippen molar-refractivity contribution in [3.63, 3.8) is 0 Å². The molecule has 0 aliphatic heterocycles. The minimum Gasteiger partial charge on any atom is -0.395 e. The van der Waals surface area contributed by atoms with Crippen molar-refractivity contribution >= 4 is 52.1 Å². The molecule has 0 unspecified atom stereocenters. The fourth-order valence-electron chi connectivity index (χ4n) is 1.93. The molecule has 1 amide bonds. The summed E-state index contributed by atoms with van der Waals surface area (Å²) in [5.74, 6) is -0.414. The molecular weight excluding hydrogens is 335 g/mol. The monoisotopic (exact) mass is 346 g/mol. The molecule has 1 aromatic heterocycles. The van der Waals surface area contributed by atoms with Crippen LogP contribution in [0.3, 0.4) is 0 Å². The molecule has 3 N–H and O–H groups in total. The van der Waals surface area contributed by atoms with Crippen molar-refractivity contribution in [3.05, 3.63) is 38.6 Å². The number of halogens is 3. The van der Waals surface area contributed by atoms with Gasteiger partial charge in [-0.2, -0.15) is 5.10 Å². The fourth-order valence-corrected chi connectivity index (χ4v) is 2.52. The smallest absolute Gasteiger partial charge is 0.276 e. The van der Waals surface area contributed by atoms with Gasteiger partial charge in [0.05, 0.1) is 32.1 Å². The zero-order valence-corrected chi connectivity index (χ0v) is 13.6. The SMILES string of the molecule is CCc1nn(C)c(C(=O)Nc2cc(Cl)c(Cl)cc2Cl)c1N. The quantitative estimate of drug-likeness (QED) is 0.830. The van der Waals surface area contributed by atoms with Gasteiger partial charge in [0.1, 0.15) is 5.69 Å². The summed E-state index contributed by atoms with van der Waals surface area (Å²) < 4.78 is 1.44. The molecule has 1 heterocycles. The van der Waals surface area contributed by atoms with Crippen LogP contribution in [0.4, 0.5) is 11.4 Å². The average molecular weight is 348 g/mol. The number of benzene rings is 1. The summed E-state index contributed by atoms with van der Waals surface area (Å²) in [7, 11) is 1.65. The first-order valence-electron chi connectivity index (χ1n) is 6.12. The molecule has 5 nitrogen and oxygen atoms in total. The van der Waals surface area contributed by atoms with E-state index >= 15 is 0 Å².